The van der Waals surface area contributed by atoms with E-state index in [2.05, 4.69) is 4.74 Å². The van der Waals surface area contributed by atoms with Crippen molar-refractivity contribution in [2.75, 3.05) is 13.2 Å². The van der Waals surface area contributed by atoms with Gasteiger partial charge in [0.05, 0.1) is 12.5 Å². The molecule has 1 aliphatic heterocycles. The van der Waals surface area contributed by atoms with Crippen molar-refractivity contribution < 1.29 is 27.5 Å². The summed E-state index contributed by atoms with van der Waals surface area (Å²) in [5.74, 6) is -5.78. The summed E-state index contributed by atoms with van der Waals surface area (Å²) in [7, 11) is 0. The summed E-state index contributed by atoms with van der Waals surface area (Å²) >= 11 is 0. The van der Waals surface area contributed by atoms with E-state index in [0.717, 1.165) is 0 Å². The van der Waals surface area contributed by atoms with Gasteiger partial charge in [0, 0.05) is 6.54 Å². The van der Waals surface area contributed by atoms with Crippen LogP contribution < -0.4 is 5.32 Å². The van der Waals surface area contributed by atoms with Gasteiger partial charge in [0.1, 0.15) is 5.92 Å². The van der Waals surface area contributed by atoms with Crippen LogP contribution in [0.3, 0.4) is 0 Å². The summed E-state index contributed by atoms with van der Waals surface area (Å²) in [6.07, 6.45) is -4.57. The number of hydrogen-bond acceptors (Lipinski definition) is 3. The van der Waals surface area contributed by atoms with E-state index < -0.39 is 36.4 Å². The monoisotopic (exact) mass is 225 g/mol. The molecular weight excluding hydrogens is 215 g/mol. The lowest BCUT2D eigenvalue weighted by Gasteiger charge is -2.18. The van der Waals surface area contributed by atoms with Crippen molar-refractivity contribution in [2.45, 2.75) is 13.1 Å². The topological polar surface area (TPSA) is 55.4 Å². The molecule has 0 saturated carbocycles. The third-order valence-electron chi connectivity index (χ3n) is 2.14. The van der Waals surface area contributed by atoms with Gasteiger partial charge in [-0.3, -0.25) is 9.59 Å². The second kappa shape index (κ2) is 4.08. The second-order valence-corrected chi connectivity index (χ2v) is 3.12. The predicted molar refractivity (Wildman–Crippen MR) is 42.7 cm³/mol. The molecule has 2 atom stereocenters. The molecule has 0 aromatic carbocycles. The molecule has 0 spiro atoms. The molecule has 86 valence electrons. The number of rotatable bonds is 2. The van der Waals surface area contributed by atoms with E-state index in [0.29, 0.717) is 0 Å². The zero-order chi connectivity index (χ0) is 11.6. The van der Waals surface area contributed by atoms with E-state index in [-0.39, 0.29) is 6.61 Å². The Morgan fingerprint density at radius 2 is 2.20 bits per heavy atom. The van der Waals surface area contributed by atoms with Gasteiger partial charge in [-0.15, -0.1) is 0 Å². The van der Waals surface area contributed by atoms with E-state index >= 15 is 0 Å². The van der Waals surface area contributed by atoms with Crippen LogP contribution in [0.5, 0.6) is 0 Å². The molecule has 1 rings (SSSR count). The zero-order valence-corrected chi connectivity index (χ0v) is 7.93. The lowest BCUT2D eigenvalue weighted by molar-refractivity contribution is -0.190. The minimum absolute atomic E-state index is 0.0484. The zero-order valence-electron chi connectivity index (χ0n) is 7.93. The van der Waals surface area contributed by atoms with Crippen LogP contribution in [-0.2, 0) is 14.3 Å². The highest BCUT2D eigenvalue weighted by Gasteiger charge is 2.54. The van der Waals surface area contributed by atoms with Crippen molar-refractivity contribution in [1.29, 1.82) is 0 Å². The molecule has 1 saturated heterocycles. The fraction of sp³-hybridized carbons (Fsp3) is 0.750. The third kappa shape index (κ3) is 2.40. The first-order chi connectivity index (χ1) is 6.88. The van der Waals surface area contributed by atoms with Crippen LogP contribution in [0.2, 0.25) is 0 Å². The molecule has 1 amide bonds. The minimum atomic E-state index is -4.57. The number of nitrogens with one attached hydrogen (secondary N) is 1. The first-order valence-electron chi connectivity index (χ1n) is 4.39. The molecule has 0 unspecified atom stereocenters. The Bertz CT molecular complexity index is 277. The summed E-state index contributed by atoms with van der Waals surface area (Å²) in [5.41, 5.74) is 0. The van der Waals surface area contributed by atoms with Crippen molar-refractivity contribution in [3.63, 3.8) is 0 Å². The van der Waals surface area contributed by atoms with Crippen LogP contribution in [0, 0.1) is 11.8 Å². The summed E-state index contributed by atoms with van der Waals surface area (Å²) in [5, 5.41) is 2.01. The lowest BCUT2D eigenvalue weighted by Crippen LogP contribution is -2.36. The highest BCUT2D eigenvalue weighted by molar-refractivity contribution is 5.99. The summed E-state index contributed by atoms with van der Waals surface area (Å²) in [6.45, 7) is 0.854. The quantitative estimate of drug-likeness (QED) is 0.549. The van der Waals surface area contributed by atoms with Crippen LogP contribution in [0.15, 0.2) is 0 Å². The van der Waals surface area contributed by atoms with Crippen LogP contribution in [0.25, 0.3) is 0 Å². The highest BCUT2D eigenvalue weighted by Crippen LogP contribution is 2.35. The van der Waals surface area contributed by atoms with Gasteiger partial charge in [-0.1, -0.05) is 0 Å². The third-order valence-corrected chi connectivity index (χ3v) is 2.14. The van der Waals surface area contributed by atoms with Crippen molar-refractivity contribution >= 4 is 11.9 Å². The van der Waals surface area contributed by atoms with Crippen molar-refractivity contribution in [3.8, 4) is 0 Å². The van der Waals surface area contributed by atoms with Gasteiger partial charge in [-0.05, 0) is 6.92 Å². The SMILES string of the molecule is CCOC(=O)[C@@H]1C(=O)NC[C@@H]1C(F)(F)F. The molecular formula is C8H10F3NO3. The Morgan fingerprint density at radius 3 is 2.67 bits per heavy atom. The first kappa shape index (κ1) is 11.8. The van der Waals surface area contributed by atoms with Crippen LogP contribution >= 0.6 is 0 Å². The van der Waals surface area contributed by atoms with Crippen LogP contribution in [-0.4, -0.2) is 31.2 Å². The predicted octanol–water partition coefficient (Wildman–Crippen LogP) is 0.474. The van der Waals surface area contributed by atoms with Gasteiger partial charge < -0.3 is 10.1 Å². The number of halogens is 3. The number of carbonyl (C=O) groups is 2. The molecule has 1 aliphatic rings. The second-order valence-electron chi connectivity index (χ2n) is 3.12. The van der Waals surface area contributed by atoms with E-state index in [4.69, 9.17) is 0 Å². The Balaban J connectivity index is 2.82. The van der Waals surface area contributed by atoms with Crippen LogP contribution in [0.1, 0.15) is 6.92 Å². The molecule has 1 N–H and O–H groups in total. The fourth-order valence-corrected chi connectivity index (χ4v) is 1.43. The number of hydrogen-bond donors (Lipinski definition) is 1. The number of esters is 1. The molecule has 0 bridgehead atoms. The molecule has 4 nitrogen and oxygen atoms in total. The van der Waals surface area contributed by atoms with Crippen molar-refractivity contribution in [2.24, 2.45) is 11.8 Å². The maximum absolute atomic E-state index is 12.4. The maximum Gasteiger partial charge on any atom is 0.394 e. The van der Waals surface area contributed by atoms with Gasteiger partial charge in [0.15, 0.2) is 0 Å². The van der Waals surface area contributed by atoms with Crippen molar-refractivity contribution in [3.05, 3.63) is 0 Å². The Labute approximate surface area is 83.8 Å². The summed E-state index contributed by atoms with van der Waals surface area (Å²) in [4.78, 5) is 22.2. The number of carbonyl (C=O) groups excluding carboxylic acids is 2. The van der Waals surface area contributed by atoms with E-state index in [1.807, 2.05) is 5.32 Å². The van der Waals surface area contributed by atoms with Gasteiger partial charge in [0.25, 0.3) is 0 Å². The molecule has 0 aliphatic carbocycles. The number of ether oxygens (including phenoxy) is 1. The highest BCUT2D eigenvalue weighted by atomic mass is 19.4. The minimum Gasteiger partial charge on any atom is -0.465 e. The number of alkyl halides is 3. The molecule has 15 heavy (non-hydrogen) atoms. The fourth-order valence-electron chi connectivity index (χ4n) is 1.43. The standard InChI is InChI=1S/C8H10F3NO3/c1-2-15-7(14)5-4(8(9,10)11)3-12-6(5)13/h4-5H,2-3H2,1H3,(H,12,13)/t4-,5-/m0/s1. The molecule has 7 heteroatoms. The molecule has 0 aromatic rings. The van der Waals surface area contributed by atoms with E-state index in [9.17, 15) is 22.8 Å². The van der Waals surface area contributed by atoms with Gasteiger partial charge in [-0.2, -0.15) is 13.2 Å². The molecule has 0 radical (unpaired) electrons. The molecule has 1 heterocycles. The van der Waals surface area contributed by atoms with E-state index in [1.54, 1.807) is 0 Å². The molecule has 1 fully saturated rings. The lowest BCUT2D eigenvalue weighted by atomic mass is 9.95. The number of amides is 1. The van der Waals surface area contributed by atoms with Gasteiger partial charge in [0.2, 0.25) is 5.91 Å². The molecule has 0 aromatic heterocycles. The Kier molecular flexibility index (Phi) is 3.21. The van der Waals surface area contributed by atoms with Crippen molar-refractivity contribution in [1.82, 2.24) is 5.32 Å². The largest absolute Gasteiger partial charge is 0.465 e. The summed E-state index contributed by atoms with van der Waals surface area (Å²) in [6, 6.07) is 0. The Hall–Kier alpha value is -1.27. The first-order valence-corrected chi connectivity index (χ1v) is 4.39. The van der Waals surface area contributed by atoms with Crippen LogP contribution in [0.4, 0.5) is 13.2 Å². The van der Waals surface area contributed by atoms with Gasteiger partial charge in [-0.25, -0.2) is 0 Å². The van der Waals surface area contributed by atoms with Gasteiger partial charge >= 0.3 is 12.1 Å². The maximum atomic E-state index is 12.4. The Morgan fingerprint density at radius 1 is 1.60 bits per heavy atom. The summed E-state index contributed by atoms with van der Waals surface area (Å²) < 4.78 is 41.6. The average molecular weight is 225 g/mol. The average Bonchev–Trinajstić information content (AvgIpc) is 2.46. The normalized spacial score (nSPS) is 26.3. The van der Waals surface area contributed by atoms with E-state index in [1.165, 1.54) is 6.92 Å². The smallest absolute Gasteiger partial charge is 0.394 e.